The van der Waals surface area contributed by atoms with Crippen molar-refractivity contribution in [3.05, 3.63) is 11.4 Å². The highest BCUT2D eigenvalue weighted by molar-refractivity contribution is 5.59. The molecule has 0 radical (unpaired) electrons. The average molecular weight is 295 g/mol. The highest BCUT2D eigenvalue weighted by atomic mass is 16.5. The minimum Gasteiger partial charge on any atom is -0.383 e. The molecule has 0 fully saturated rings. The summed E-state index contributed by atoms with van der Waals surface area (Å²) in [4.78, 5) is 11.5. The number of anilines is 2. The Balaban J connectivity index is 3.36. The Morgan fingerprint density at radius 1 is 1.29 bits per heavy atom. The van der Waals surface area contributed by atoms with Crippen LogP contribution in [0.1, 0.15) is 46.0 Å². The molecule has 0 spiro atoms. The number of rotatable bonds is 6. The Bertz CT molecular complexity index is 468. The van der Waals surface area contributed by atoms with Gasteiger partial charge in [0, 0.05) is 30.7 Å². The summed E-state index contributed by atoms with van der Waals surface area (Å²) in [7, 11) is 1.71. The third-order valence-corrected chi connectivity index (χ3v) is 3.36. The van der Waals surface area contributed by atoms with Gasteiger partial charge in [-0.3, -0.25) is 0 Å². The molecular formula is C15H29N5O. The lowest BCUT2D eigenvalue weighted by Gasteiger charge is -2.31. The van der Waals surface area contributed by atoms with Gasteiger partial charge in [0.2, 0.25) is 0 Å². The molecule has 6 nitrogen and oxygen atoms in total. The second-order valence-corrected chi connectivity index (χ2v) is 6.52. The number of hydrogen-bond acceptors (Lipinski definition) is 6. The van der Waals surface area contributed by atoms with Crippen LogP contribution in [0.3, 0.4) is 0 Å². The summed E-state index contributed by atoms with van der Waals surface area (Å²) in [6.45, 7) is 14.0. The van der Waals surface area contributed by atoms with Crippen LogP contribution in [0, 0.1) is 6.92 Å². The number of ether oxygens (including phenoxy) is 1. The van der Waals surface area contributed by atoms with Gasteiger partial charge in [-0.2, -0.15) is 0 Å². The Labute approximate surface area is 128 Å². The number of hydrazine groups is 1. The van der Waals surface area contributed by atoms with E-state index in [9.17, 15) is 0 Å². The van der Waals surface area contributed by atoms with Crippen LogP contribution in [0.5, 0.6) is 0 Å². The lowest BCUT2D eigenvalue weighted by atomic mass is 9.95. The van der Waals surface area contributed by atoms with E-state index in [0.29, 0.717) is 18.5 Å². The minimum atomic E-state index is -0.141. The van der Waals surface area contributed by atoms with Gasteiger partial charge in [-0.1, -0.05) is 20.8 Å². The number of nitrogens with zero attached hydrogens (tertiary/aromatic N) is 3. The minimum absolute atomic E-state index is 0.141. The molecule has 1 aromatic heterocycles. The van der Waals surface area contributed by atoms with Gasteiger partial charge in [-0.25, -0.2) is 15.8 Å². The average Bonchev–Trinajstić information content (AvgIpc) is 2.39. The van der Waals surface area contributed by atoms with Crippen LogP contribution < -0.4 is 16.2 Å². The van der Waals surface area contributed by atoms with Crippen molar-refractivity contribution in [3.8, 4) is 0 Å². The predicted molar refractivity (Wildman–Crippen MR) is 87.6 cm³/mol. The zero-order valence-corrected chi connectivity index (χ0v) is 14.3. The molecule has 0 amide bonds. The van der Waals surface area contributed by atoms with Crippen molar-refractivity contribution >= 4 is 11.6 Å². The van der Waals surface area contributed by atoms with E-state index >= 15 is 0 Å². The third kappa shape index (κ3) is 4.28. The van der Waals surface area contributed by atoms with Gasteiger partial charge in [0.05, 0.1) is 6.61 Å². The maximum Gasteiger partial charge on any atom is 0.148 e. The van der Waals surface area contributed by atoms with Crippen molar-refractivity contribution in [2.75, 3.05) is 30.6 Å². The fraction of sp³-hybridized carbons (Fsp3) is 0.733. The van der Waals surface area contributed by atoms with Gasteiger partial charge in [0.15, 0.2) is 0 Å². The monoisotopic (exact) mass is 295 g/mol. The first-order valence-corrected chi connectivity index (χ1v) is 7.33. The number of methoxy groups -OCH3 is 1. The van der Waals surface area contributed by atoms with Gasteiger partial charge in [0.25, 0.3) is 0 Å². The van der Waals surface area contributed by atoms with Crippen LogP contribution in [-0.2, 0) is 10.2 Å². The Morgan fingerprint density at radius 3 is 2.33 bits per heavy atom. The molecule has 1 heterocycles. The summed E-state index contributed by atoms with van der Waals surface area (Å²) in [6.07, 6.45) is 0. The molecule has 1 aromatic rings. The van der Waals surface area contributed by atoms with Crippen LogP contribution >= 0.6 is 0 Å². The van der Waals surface area contributed by atoms with Crippen LogP contribution in [0.2, 0.25) is 0 Å². The molecule has 0 saturated heterocycles. The van der Waals surface area contributed by atoms with Crippen LogP contribution in [-0.4, -0.2) is 36.3 Å². The molecule has 6 heteroatoms. The second kappa shape index (κ2) is 7.04. The summed E-state index contributed by atoms with van der Waals surface area (Å²) in [5.74, 6) is 7.99. The molecule has 0 aliphatic rings. The molecule has 0 bridgehead atoms. The number of aromatic nitrogens is 2. The van der Waals surface area contributed by atoms with E-state index in [1.165, 1.54) is 0 Å². The fourth-order valence-electron chi connectivity index (χ4n) is 2.06. The number of nitrogens with two attached hydrogens (primary N) is 1. The lowest BCUT2D eigenvalue weighted by Crippen LogP contribution is -2.36. The first-order chi connectivity index (χ1) is 9.72. The Kier molecular flexibility index (Phi) is 5.92. The van der Waals surface area contributed by atoms with Crippen LogP contribution in [0.4, 0.5) is 11.6 Å². The SMILES string of the molecule is COCCN(c1nc(C(C)(C)C)nc(NN)c1C)C(C)C. The third-order valence-electron chi connectivity index (χ3n) is 3.36. The summed E-state index contributed by atoms with van der Waals surface area (Å²) in [5.41, 5.74) is 3.50. The molecule has 1 rings (SSSR count). The molecule has 0 atom stereocenters. The largest absolute Gasteiger partial charge is 0.383 e. The summed E-state index contributed by atoms with van der Waals surface area (Å²) in [6, 6.07) is 0.312. The predicted octanol–water partition coefficient (Wildman–Crippen LogP) is 2.23. The topological polar surface area (TPSA) is 76.3 Å². The van der Waals surface area contributed by atoms with Gasteiger partial charge in [-0.05, 0) is 20.8 Å². The van der Waals surface area contributed by atoms with Crippen LogP contribution in [0.15, 0.2) is 0 Å². The van der Waals surface area contributed by atoms with Crippen molar-refractivity contribution in [2.45, 2.75) is 53.0 Å². The Hall–Kier alpha value is -1.40. The first-order valence-electron chi connectivity index (χ1n) is 7.33. The molecule has 0 aliphatic carbocycles. The number of nitrogens with one attached hydrogen (secondary N) is 1. The van der Waals surface area contributed by atoms with E-state index in [4.69, 9.17) is 15.6 Å². The zero-order valence-electron chi connectivity index (χ0n) is 14.3. The normalized spacial score (nSPS) is 11.9. The van der Waals surface area contributed by atoms with Crippen molar-refractivity contribution in [1.82, 2.24) is 9.97 Å². The Morgan fingerprint density at radius 2 is 1.90 bits per heavy atom. The molecule has 3 N–H and O–H groups in total. The van der Waals surface area contributed by atoms with Crippen molar-refractivity contribution in [1.29, 1.82) is 0 Å². The molecule has 0 unspecified atom stereocenters. The van der Waals surface area contributed by atoms with Gasteiger partial charge in [-0.15, -0.1) is 0 Å². The first kappa shape index (κ1) is 17.7. The molecule has 120 valence electrons. The van der Waals surface area contributed by atoms with Crippen molar-refractivity contribution in [2.24, 2.45) is 5.84 Å². The maximum atomic E-state index is 5.62. The lowest BCUT2D eigenvalue weighted by molar-refractivity contribution is 0.203. The highest BCUT2D eigenvalue weighted by Crippen LogP contribution is 2.29. The number of nitrogen functional groups attached to an aromatic ring is 1. The smallest absolute Gasteiger partial charge is 0.148 e. The van der Waals surface area contributed by atoms with Gasteiger partial charge < -0.3 is 15.1 Å². The standard InChI is InChI=1S/C15H29N5O/c1-10(2)20(8-9-21-7)13-11(3)12(19-16)17-14(18-13)15(4,5)6/h10H,8-9,16H2,1-7H3,(H,17,18,19). The van der Waals surface area contributed by atoms with E-state index in [1.54, 1.807) is 7.11 Å². The van der Waals surface area contributed by atoms with E-state index in [-0.39, 0.29) is 5.41 Å². The van der Waals surface area contributed by atoms with Crippen LogP contribution in [0.25, 0.3) is 0 Å². The van der Waals surface area contributed by atoms with E-state index in [0.717, 1.165) is 23.8 Å². The molecular weight excluding hydrogens is 266 g/mol. The summed E-state index contributed by atoms with van der Waals surface area (Å²) in [5, 5.41) is 0. The zero-order chi connectivity index (χ0) is 16.2. The summed E-state index contributed by atoms with van der Waals surface area (Å²) >= 11 is 0. The van der Waals surface area contributed by atoms with Crippen molar-refractivity contribution in [3.63, 3.8) is 0 Å². The van der Waals surface area contributed by atoms with Gasteiger partial charge in [0.1, 0.15) is 17.5 Å². The fourth-order valence-corrected chi connectivity index (χ4v) is 2.06. The van der Waals surface area contributed by atoms with E-state index in [1.807, 2.05) is 6.92 Å². The summed E-state index contributed by atoms with van der Waals surface area (Å²) < 4.78 is 5.21. The molecule has 21 heavy (non-hydrogen) atoms. The van der Waals surface area contributed by atoms with Crippen molar-refractivity contribution < 1.29 is 4.74 Å². The molecule has 0 aromatic carbocycles. The van der Waals surface area contributed by atoms with E-state index < -0.39 is 0 Å². The molecule has 0 aliphatic heterocycles. The highest BCUT2D eigenvalue weighted by Gasteiger charge is 2.24. The number of hydrogen-bond donors (Lipinski definition) is 2. The van der Waals surface area contributed by atoms with E-state index in [2.05, 4.69) is 49.9 Å². The second-order valence-electron chi connectivity index (χ2n) is 6.52. The maximum absolute atomic E-state index is 5.62. The molecule has 0 saturated carbocycles. The van der Waals surface area contributed by atoms with Gasteiger partial charge >= 0.3 is 0 Å². The quantitative estimate of drug-likeness (QED) is 0.619.